The van der Waals surface area contributed by atoms with Crippen LogP contribution in [0, 0.1) is 29.9 Å². The first-order valence-corrected chi connectivity index (χ1v) is 8.48. The summed E-state index contributed by atoms with van der Waals surface area (Å²) in [6.45, 7) is 3.66. The number of nitro groups is 1. The number of nitrogens with zero attached hydrogens (tertiary/aromatic N) is 3. The van der Waals surface area contributed by atoms with Gasteiger partial charge in [-0.1, -0.05) is 12.1 Å². The van der Waals surface area contributed by atoms with E-state index in [1.165, 1.54) is 0 Å². The van der Waals surface area contributed by atoms with Crippen LogP contribution < -0.4 is 4.74 Å². The van der Waals surface area contributed by atoms with Gasteiger partial charge in [-0.05, 0) is 50.5 Å². The van der Waals surface area contributed by atoms with E-state index >= 15 is 0 Å². The Labute approximate surface area is 151 Å². The fourth-order valence-corrected chi connectivity index (χ4v) is 2.98. The summed E-state index contributed by atoms with van der Waals surface area (Å²) in [6, 6.07) is 5.62. The molecule has 0 aliphatic heterocycles. The molecule has 136 valence electrons. The molecule has 0 amide bonds. The van der Waals surface area contributed by atoms with E-state index < -0.39 is 4.92 Å². The molecule has 0 N–H and O–H groups in total. The summed E-state index contributed by atoms with van der Waals surface area (Å²) < 4.78 is 7.01. The molecule has 0 bridgehead atoms. The fourth-order valence-electron chi connectivity index (χ4n) is 2.98. The molecule has 2 aromatic rings. The summed E-state index contributed by atoms with van der Waals surface area (Å²) in [4.78, 5) is 22.6. The topological polar surface area (TPSA) is 87.3 Å². The first-order chi connectivity index (χ1) is 12.4. The van der Waals surface area contributed by atoms with Gasteiger partial charge in [-0.3, -0.25) is 19.6 Å². The van der Waals surface area contributed by atoms with Crippen LogP contribution in [-0.4, -0.2) is 27.6 Å². The number of aromatic nitrogens is 2. The van der Waals surface area contributed by atoms with Crippen LogP contribution in [0.3, 0.4) is 0 Å². The minimum absolute atomic E-state index is 0.0371. The van der Waals surface area contributed by atoms with E-state index in [4.69, 9.17) is 4.74 Å². The van der Waals surface area contributed by atoms with Crippen molar-refractivity contribution in [2.24, 2.45) is 5.92 Å². The molecule has 0 atom stereocenters. The van der Waals surface area contributed by atoms with Gasteiger partial charge in [0.15, 0.2) is 5.78 Å². The Morgan fingerprint density at radius 1 is 1.42 bits per heavy atom. The highest BCUT2D eigenvalue weighted by Crippen LogP contribution is 2.30. The Balaban J connectivity index is 1.88. The molecule has 1 aromatic heterocycles. The summed E-state index contributed by atoms with van der Waals surface area (Å²) in [6.07, 6.45) is 5.38. The second-order valence-corrected chi connectivity index (χ2v) is 6.52. The number of hydrogen-bond donors (Lipinski definition) is 0. The molecule has 0 unspecified atom stereocenters. The van der Waals surface area contributed by atoms with Crippen molar-refractivity contribution in [1.29, 1.82) is 0 Å². The van der Waals surface area contributed by atoms with Gasteiger partial charge in [0.05, 0.1) is 18.6 Å². The molecular weight excluding hydrogens is 334 g/mol. The van der Waals surface area contributed by atoms with E-state index in [-0.39, 0.29) is 17.4 Å². The number of carbonyl (C=O) groups excluding carboxylic acids is 1. The summed E-state index contributed by atoms with van der Waals surface area (Å²) >= 11 is 0. The molecular formula is C19H21N3O4. The minimum atomic E-state index is -0.409. The summed E-state index contributed by atoms with van der Waals surface area (Å²) in [7, 11) is 1.58. The number of ether oxygens (including phenoxy) is 1. The molecule has 1 fully saturated rings. The Morgan fingerprint density at radius 3 is 2.73 bits per heavy atom. The van der Waals surface area contributed by atoms with E-state index in [0.717, 1.165) is 24.0 Å². The number of methoxy groups -OCH3 is 1. The number of rotatable bonds is 7. The van der Waals surface area contributed by atoms with Crippen molar-refractivity contribution in [3.8, 4) is 5.75 Å². The highest BCUT2D eigenvalue weighted by molar-refractivity contribution is 5.96. The molecule has 0 spiro atoms. The second-order valence-electron chi connectivity index (χ2n) is 6.52. The number of carbonyl (C=O) groups is 1. The van der Waals surface area contributed by atoms with E-state index in [1.54, 1.807) is 37.8 Å². The van der Waals surface area contributed by atoms with E-state index in [0.29, 0.717) is 23.7 Å². The van der Waals surface area contributed by atoms with Crippen molar-refractivity contribution in [3.63, 3.8) is 0 Å². The summed E-state index contributed by atoms with van der Waals surface area (Å²) in [5.41, 5.74) is 2.65. The van der Waals surface area contributed by atoms with Gasteiger partial charge in [0.2, 0.25) is 0 Å². The van der Waals surface area contributed by atoms with Crippen LogP contribution >= 0.6 is 0 Å². The number of benzene rings is 1. The zero-order valence-electron chi connectivity index (χ0n) is 15.1. The van der Waals surface area contributed by atoms with Crippen LogP contribution in [0.1, 0.15) is 35.4 Å². The molecule has 1 aromatic carbocycles. The molecule has 1 aliphatic carbocycles. The normalized spacial score (nSPS) is 14.0. The summed E-state index contributed by atoms with van der Waals surface area (Å²) in [5.74, 6) is 1.03. The molecule has 7 heteroatoms. The number of hydrogen-bond acceptors (Lipinski definition) is 5. The van der Waals surface area contributed by atoms with Crippen molar-refractivity contribution in [2.75, 3.05) is 7.11 Å². The predicted molar refractivity (Wildman–Crippen MR) is 97.2 cm³/mol. The fraction of sp³-hybridized carbons (Fsp3) is 0.368. The lowest BCUT2D eigenvalue weighted by Crippen LogP contribution is -2.06. The van der Waals surface area contributed by atoms with Gasteiger partial charge in [-0.15, -0.1) is 0 Å². The minimum Gasteiger partial charge on any atom is -0.496 e. The molecule has 7 nitrogen and oxygen atoms in total. The van der Waals surface area contributed by atoms with E-state index in [1.807, 2.05) is 18.2 Å². The Bertz CT molecular complexity index is 894. The van der Waals surface area contributed by atoms with Gasteiger partial charge in [0.1, 0.15) is 17.1 Å². The molecule has 0 radical (unpaired) electrons. The molecule has 1 aliphatic rings. The van der Waals surface area contributed by atoms with Gasteiger partial charge in [-0.2, -0.15) is 5.10 Å². The van der Waals surface area contributed by atoms with E-state index in [2.05, 4.69) is 5.10 Å². The molecule has 1 saturated carbocycles. The third-order valence-corrected chi connectivity index (χ3v) is 4.57. The Morgan fingerprint density at radius 2 is 2.15 bits per heavy atom. The molecule has 1 heterocycles. The Hall–Kier alpha value is -2.96. The predicted octanol–water partition coefficient (Wildman–Crippen LogP) is 3.46. The maximum Gasteiger partial charge on any atom is 0.312 e. The maximum atomic E-state index is 11.8. The third-order valence-electron chi connectivity index (χ3n) is 4.57. The van der Waals surface area contributed by atoms with Crippen molar-refractivity contribution in [3.05, 3.63) is 56.9 Å². The van der Waals surface area contributed by atoms with Gasteiger partial charge in [0.25, 0.3) is 0 Å². The zero-order valence-corrected chi connectivity index (χ0v) is 15.1. The van der Waals surface area contributed by atoms with E-state index in [9.17, 15) is 14.9 Å². The van der Waals surface area contributed by atoms with Crippen LogP contribution in [-0.2, 0) is 11.3 Å². The average Bonchev–Trinajstić information content (AvgIpc) is 3.40. The monoisotopic (exact) mass is 355 g/mol. The van der Waals surface area contributed by atoms with Crippen LogP contribution in [0.25, 0.3) is 6.08 Å². The van der Waals surface area contributed by atoms with Gasteiger partial charge >= 0.3 is 5.69 Å². The number of ketones is 1. The number of aryl methyl sites for hydroxylation is 1. The first-order valence-electron chi connectivity index (χ1n) is 8.48. The van der Waals surface area contributed by atoms with Crippen molar-refractivity contribution in [2.45, 2.75) is 33.2 Å². The van der Waals surface area contributed by atoms with Gasteiger partial charge in [-0.25, -0.2) is 0 Å². The van der Waals surface area contributed by atoms with Crippen LogP contribution in [0.5, 0.6) is 5.75 Å². The standard InChI is InChI=1S/C19H21N3O4/c1-12-19(22(24)25)13(2)21(20-12)11-16-10-14(5-9-18(16)26-3)4-8-17(23)15-6-7-15/h4-5,8-10,15H,6-7,11H2,1-3H3/b8-4+. The highest BCUT2D eigenvalue weighted by Gasteiger charge is 2.27. The zero-order chi connectivity index (χ0) is 18.8. The second kappa shape index (κ2) is 7.11. The third kappa shape index (κ3) is 3.66. The lowest BCUT2D eigenvalue weighted by atomic mass is 10.1. The Kier molecular flexibility index (Phi) is 4.88. The lowest BCUT2D eigenvalue weighted by molar-refractivity contribution is -0.386. The molecule has 0 saturated heterocycles. The SMILES string of the molecule is COc1ccc(/C=C/C(=O)C2CC2)cc1Cn1nc(C)c([N+](=O)[O-])c1C. The maximum absolute atomic E-state index is 11.8. The first kappa shape index (κ1) is 17.8. The molecule has 26 heavy (non-hydrogen) atoms. The van der Waals surface area contributed by atoms with Crippen molar-refractivity contribution in [1.82, 2.24) is 9.78 Å². The lowest BCUT2D eigenvalue weighted by Gasteiger charge is -2.10. The van der Waals surface area contributed by atoms with Crippen molar-refractivity contribution < 1.29 is 14.5 Å². The number of allylic oxidation sites excluding steroid dienone is 1. The van der Waals surface area contributed by atoms with Crippen molar-refractivity contribution >= 4 is 17.5 Å². The average molecular weight is 355 g/mol. The van der Waals surface area contributed by atoms with Crippen LogP contribution in [0.2, 0.25) is 0 Å². The smallest absolute Gasteiger partial charge is 0.312 e. The summed E-state index contributed by atoms with van der Waals surface area (Å²) in [5, 5.41) is 15.5. The van der Waals surface area contributed by atoms with Crippen LogP contribution in [0.15, 0.2) is 24.3 Å². The van der Waals surface area contributed by atoms with Crippen LogP contribution in [0.4, 0.5) is 5.69 Å². The quantitative estimate of drug-likeness (QED) is 0.431. The van der Waals surface area contributed by atoms with Gasteiger partial charge in [0, 0.05) is 11.5 Å². The molecule has 3 rings (SSSR count). The largest absolute Gasteiger partial charge is 0.496 e. The van der Waals surface area contributed by atoms with Gasteiger partial charge < -0.3 is 4.74 Å². The highest BCUT2D eigenvalue weighted by atomic mass is 16.6.